The van der Waals surface area contributed by atoms with Gasteiger partial charge in [0.25, 0.3) is 0 Å². The number of rotatable bonds is 1. The molecule has 22 heavy (non-hydrogen) atoms. The Morgan fingerprint density at radius 1 is 1.09 bits per heavy atom. The van der Waals surface area contributed by atoms with Crippen molar-refractivity contribution in [1.82, 2.24) is 12.1 Å². The Kier molecular flexibility index (Phi) is 5.19. The van der Waals surface area contributed by atoms with Crippen molar-refractivity contribution in [3.05, 3.63) is 28.1 Å². The fourth-order valence-corrected chi connectivity index (χ4v) is 5.39. The van der Waals surface area contributed by atoms with Gasteiger partial charge in [-0.2, -0.15) is 2.95 Å². The Balaban J connectivity index is 0.000000133. The van der Waals surface area contributed by atoms with Crippen LogP contribution in [0.3, 0.4) is 0 Å². The Bertz CT molecular complexity index is 685. The number of hydrogen-bond acceptors (Lipinski definition) is 1. The Labute approximate surface area is 159 Å². The van der Waals surface area contributed by atoms with E-state index in [0.717, 1.165) is 5.92 Å². The monoisotopic (exact) mass is 608 g/mol. The summed E-state index contributed by atoms with van der Waals surface area (Å²) in [6.07, 6.45) is 7.01. The zero-order valence-electron chi connectivity index (χ0n) is 12.8. The molecular formula is C16H21Br2N3Pt. The molecule has 0 radical (unpaired) electrons. The first-order chi connectivity index (χ1) is 10.4. The zero-order chi connectivity index (χ0) is 15.9. The van der Waals surface area contributed by atoms with Crippen LogP contribution in [0.5, 0.6) is 0 Å². The molecule has 0 saturated heterocycles. The number of aryl methyl sites for hydroxylation is 2. The van der Waals surface area contributed by atoms with E-state index in [9.17, 15) is 0 Å². The number of para-hydroxylation sites is 2. The molecule has 2 aliphatic carbocycles. The molecule has 0 aliphatic heterocycles. The molecule has 0 unspecified atom stereocenters. The molecule has 1 aromatic heterocycles. The molecule has 2 aliphatic rings. The molecule has 0 N–H and O–H groups in total. The number of benzene rings is 1. The van der Waals surface area contributed by atoms with Crippen LogP contribution in [-0.2, 0) is 33.4 Å². The van der Waals surface area contributed by atoms with E-state index < -0.39 is 0 Å². The maximum absolute atomic E-state index is 3.50. The van der Waals surface area contributed by atoms with Gasteiger partial charge < -0.3 is 0 Å². The predicted octanol–water partition coefficient (Wildman–Crippen LogP) is 4.84. The van der Waals surface area contributed by atoms with Gasteiger partial charge in [-0.1, -0.05) is 0 Å². The van der Waals surface area contributed by atoms with Crippen molar-refractivity contribution in [2.75, 3.05) is 0 Å². The first-order valence-electron chi connectivity index (χ1n) is 7.62. The quantitative estimate of drug-likeness (QED) is 0.422. The summed E-state index contributed by atoms with van der Waals surface area (Å²) >= 11 is 9.32. The molecule has 0 spiro atoms. The fourth-order valence-electron chi connectivity index (χ4n) is 3.84. The van der Waals surface area contributed by atoms with Crippen LogP contribution in [-0.4, -0.2) is 17.6 Å². The summed E-state index contributed by atoms with van der Waals surface area (Å²) in [6.45, 7) is 0. The Morgan fingerprint density at radius 3 is 1.91 bits per heavy atom. The van der Waals surface area contributed by atoms with Gasteiger partial charge in [-0.3, -0.25) is 0 Å². The maximum atomic E-state index is 3.50. The van der Waals surface area contributed by atoms with E-state index >= 15 is 0 Å². The minimum absolute atomic E-state index is 0.477. The van der Waals surface area contributed by atoms with Crippen molar-refractivity contribution in [3.8, 4) is 0 Å². The number of halogens is 2. The summed E-state index contributed by atoms with van der Waals surface area (Å²) in [6, 6.07) is 8.41. The van der Waals surface area contributed by atoms with Crippen molar-refractivity contribution in [2.24, 2.45) is 20.0 Å². The number of fused-ring (bicyclic) bond motifs is 3. The van der Waals surface area contributed by atoms with Crippen LogP contribution in [0, 0.1) is 9.72 Å². The molecule has 6 heteroatoms. The van der Waals surface area contributed by atoms with Crippen LogP contribution in [0.15, 0.2) is 24.3 Å². The van der Waals surface area contributed by atoms with Crippen molar-refractivity contribution < 1.29 is 19.4 Å². The summed E-state index contributed by atoms with van der Waals surface area (Å²) in [4.78, 5) is 0. The summed E-state index contributed by atoms with van der Waals surface area (Å²) in [5.74, 6) is 1.03. The second-order valence-corrected chi connectivity index (χ2v) is 9.84. The van der Waals surface area contributed by atoms with Gasteiger partial charge >= 0.3 is 81.7 Å². The van der Waals surface area contributed by atoms with E-state index in [0.29, 0.717) is 5.54 Å². The first-order valence-corrected chi connectivity index (χ1v) is 10.2. The van der Waals surface area contributed by atoms with Crippen LogP contribution < -0.4 is 0 Å². The van der Waals surface area contributed by atoms with Gasteiger partial charge in [0.05, 0.1) is 0 Å². The van der Waals surface area contributed by atoms with Crippen LogP contribution in [0.4, 0.5) is 0 Å². The molecule has 124 valence electrons. The molecule has 1 aromatic carbocycles. The van der Waals surface area contributed by atoms with Crippen LogP contribution in [0.25, 0.3) is 11.0 Å². The molecular weight excluding hydrogens is 589 g/mol. The van der Waals surface area contributed by atoms with Crippen molar-refractivity contribution in [3.63, 3.8) is 0 Å². The Morgan fingerprint density at radius 2 is 1.59 bits per heavy atom. The molecule has 2 fully saturated rings. The molecule has 4 rings (SSSR count). The van der Waals surface area contributed by atoms with E-state index in [4.69, 9.17) is 0 Å². The van der Waals surface area contributed by atoms with Gasteiger partial charge in [-0.25, -0.2) is 0 Å². The molecule has 2 saturated carbocycles. The fraction of sp³-hybridized carbons (Fsp3) is 0.562. The average Bonchev–Trinajstić information content (AvgIpc) is 3.20. The standard InChI is InChI=1S/C9H10N2.C7H11Br2N.Pt/c1-10-7-11(2)9-6-4-3-5-8(9)10;8-10(9)7-3-1-6(5-7)2-4-7;/h3-6H,1-2H3;6H,1-5H2;. The van der Waals surface area contributed by atoms with E-state index in [-0.39, 0.29) is 0 Å². The molecule has 0 amide bonds. The number of aromatic nitrogens is 2. The van der Waals surface area contributed by atoms with E-state index in [1.165, 1.54) is 46.9 Å². The van der Waals surface area contributed by atoms with Gasteiger partial charge in [-0.05, 0) is 38.0 Å². The summed E-state index contributed by atoms with van der Waals surface area (Å²) in [7, 11) is 4.18. The molecule has 1 heterocycles. The SMILES string of the molecule is BrN(Br)C12CCC(CC1)C2.Cn1[c](=[Pt])n(C)c2ccccc21. The molecule has 0 atom stereocenters. The zero-order valence-corrected chi connectivity index (χ0v) is 18.3. The second kappa shape index (κ2) is 6.66. The topological polar surface area (TPSA) is 13.1 Å². The predicted molar refractivity (Wildman–Crippen MR) is 94.1 cm³/mol. The van der Waals surface area contributed by atoms with Crippen LogP contribution in [0.2, 0.25) is 0 Å². The van der Waals surface area contributed by atoms with Crippen molar-refractivity contribution in [1.29, 1.82) is 0 Å². The van der Waals surface area contributed by atoms with E-state index in [1.807, 2.05) is 0 Å². The number of hydrogen-bond donors (Lipinski definition) is 0. The summed E-state index contributed by atoms with van der Waals surface area (Å²) < 4.78 is 7.71. The van der Waals surface area contributed by atoms with E-state index in [1.54, 1.807) is 0 Å². The number of nitrogens with zero attached hydrogens (tertiary/aromatic N) is 3. The second-order valence-electron chi connectivity index (χ2n) is 6.45. The number of imidazole rings is 1. The molecule has 3 nitrogen and oxygen atoms in total. The van der Waals surface area contributed by atoms with Gasteiger partial charge in [-0.15, -0.1) is 0 Å². The summed E-state index contributed by atoms with van der Waals surface area (Å²) in [5, 5.41) is 0. The third kappa shape index (κ3) is 2.99. The van der Waals surface area contributed by atoms with Gasteiger partial charge in [0.1, 0.15) is 0 Å². The Hall–Kier alpha value is 0.298. The van der Waals surface area contributed by atoms with E-state index in [2.05, 4.69) is 102 Å². The van der Waals surface area contributed by atoms with Crippen molar-refractivity contribution in [2.45, 2.75) is 37.6 Å². The third-order valence-corrected chi connectivity index (χ3v) is 8.21. The minimum atomic E-state index is 0.477. The van der Waals surface area contributed by atoms with Crippen LogP contribution in [0.1, 0.15) is 32.1 Å². The normalized spacial score (nSPS) is 26.6. The van der Waals surface area contributed by atoms with Gasteiger partial charge in [0, 0.05) is 37.8 Å². The average molecular weight is 610 g/mol. The van der Waals surface area contributed by atoms with Gasteiger partial charge in [0.15, 0.2) is 0 Å². The van der Waals surface area contributed by atoms with Crippen LogP contribution >= 0.6 is 32.3 Å². The van der Waals surface area contributed by atoms with Crippen molar-refractivity contribution >= 4 is 43.3 Å². The van der Waals surface area contributed by atoms with Gasteiger partial charge in [0.2, 0.25) is 0 Å². The first kappa shape index (κ1) is 17.1. The third-order valence-electron chi connectivity index (χ3n) is 5.18. The summed E-state index contributed by atoms with van der Waals surface area (Å²) in [5.41, 5.74) is 3.04. The molecule has 2 bridgehead atoms. The molecule has 2 aromatic rings.